The Balaban J connectivity index is 0. The molecule has 74 valence electrons. The average Bonchev–Trinajstić information content (AvgIpc) is 2.03. The molecule has 13 heavy (non-hydrogen) atoms. The van der Waals surface area contributed by atoms with Crippen molar-refractivity contribution in [2.75, 3.05) is 0 Å². The van der Waals surface area contributed by atoms with Crippen molar-refractivity contribution in [1.29, 1.82) is 5.41 Å². The third-order valence-corrected chi connectivity index (χ3v) is 0.805. The zero-order chi connectivity index (χ0) is 11.0. The molecule has 0 aromatic rings. The number of carboxylic acids is 2. The first-order chi connectivity index (χ1) is 5.88. The Hall–Kier alpha value is -1.69. The van der Waals surface area contributed by atoms with Gasteiger partial charge < -0.3 is 20.4 Å². The number of aliphatic hydroxyl groups is 2. The smallest absolute Gasteiger partial charge is 0.335 e. The summed E-state index contributed by atoms with van der Waals surface area (Å²) in [4.78, 5) is 19.5. The summed E-state index contributed by atoms with van der Waals surface area (Å²) in [7, 11) is 0. The van der Waals surface area contributed by atoms with Gasteiger partial charge in [0.2, 0.25) is 0 Å². The van der Waals surface area contributed by atoms with E-state index in [1.165, 1.54) is 0 Å². The lowest BCUT2D eigenvalue weighted by Gasteiger charge is -2.07. The van der Waals surface area contributed by atoms with E-state index in [0.29, 0.717) is 0 Å². The molecule has 0 saturated carbocycles. The van der Waals surface area contributed by atoms with Crippen LogP contribution in [0.3, 0.4) is 0 Å². The topological polar surface area (TPSA) is 139 Å². The van der Waals surface area contributed by atoms with E-state index in [4.69, 9.17) is 25.8 Å². The molecule has 0 fully saturated rings. The van der Waals surface area contributed by atoms with Gasteiger partial charge in [-0.25, -0.2) is 9.59 Å². The van der Waals surface area contributed by atoms with Crippen LogP contribution in [-0.4, -0.2) is 50.4 Å². The predicted octanol–water partition coefficient (Wildman–Crippen LogP) is -1.70. The van der Waals surface area contributed by atoms with Gasteiger partial charge in [-0.2, -0.15) is 0 Å². The van der Waals surface area contributed by atoms with E-state index >= 15 is 0 Å². The molecule has 7 nitrogen and oxygen atoms in total. The van der Waals surface area contributed by atoms with Crippen LogP contribution in [0.4, 0.5) is 0 Å². The number of aliphatic carboxylic acids is 2. The summed E-state index contributed by atoms with van der Waals surface area (Å²) >= 11 is 0. The molecule has 0 aliphatic rings. The van der Waals surface area contributed by atoms with Gasteiger partial charge in [-0.1, -0.05) is 0 Å². The number of hydrogen-bond donors (Lipinski definition) is 5. The minimum absolute atomic E-state index is 1.75. The van der Waals surface area contributed by atoms with Gasteiger partial charge in [0, 0.05) is 0 Å². The molecular weight excluding hydrogens is 182 g/mol. The Labute approximate surface area is 73.1 Å². The highest BCUT2D eigenvalue weighted by molar-refractivity contribution is 5.83. The summed E-state index contributed by atoms with van der Waals surface area (Å²) in [6, 6.07) is 0. The fraction of sp³-hybridized carbons (Fsp3) is 0.333. The van der Waals surface area contributed by atoms with E-state index in [1.807, 2.05) is 0 Å². The van der Waals surface area contributed by atoms with Crippen LogP contribution in [0, 0.1) is 5.41 Å². The second-order valence-corrected chi connectivity index (χ2v) is 1.74. The van der Waals surface area contributed by atoms with E-state index in [9.17, 15) is 9.59 Å². The fourth-order valence-corrected chi connectivity index (χ4v) is 0.270. The van der Waals surface area contributed by atoms with E-state index in [2.05, 4.69) is 6.58 Å². The maximum Gasteiger partial charge on any atom is 0.335 e. The highest BCUT2D eigenvalue weighted by Crippen LogP contribution is 1.92. The summed E-state index contributed by atoms with van der Waals surface area (Å²) < 4.78 is 0. The second kappa shape index (κ2) is 6.99. The first-order valence-electron chi connectivity index (χ1n) is 2.89. The first kappa shape index (κ1) is 13.9. The van der Waals surface area contributed by atoms with E-state index in [0.717, 1.165) is 0 Å². The highest BCUT2D eigenvalue weighted by atomic mass is 16.4. The molecule has 0 aromatic heterocycles. The number of hydrogen-bond acceptors (Lipinski definition) is 5. The maximum atomic E-state index is 9.77. The molecule has 7 heteroatoms. The van der Waals surface area contributed by atoms with Crippen LogP contribution in [0.5, 0.6) is 0 Å². The van der Waals surface area contributed by atoms with Crippen LogP contribution in [-0.2, 0) is 9.59 Å². The lowest BCUT2D eigenvalue weighted by atomic mass is 10.2. The lowest BCUT2D eigenvalue weighted by molar-refractivity contribution is -0.165. The van der Waals surface area contributed by atoms with Crippen molar-refractivity contribution >= 4 is 17.8 Å². The predicted molar refractivity (Wildman–Crippen MR) is 40.6 cm³/mol. The van der Waals surface area contributed by atoms with Gasteiger partial charge in [-0.05, 0) is 12.4 Å². The molecule has 0 spiro atoms. The summed E-state index contributed by atoms with van der Waals surface area (Å²) in [5, 5.41) is 38.4. The molecule has 0 aromatic carbocycles. The van der Waals surface area contributed by atoms with Gasteiger partial charge in [0.25, 0.3) is 0 Å². The minimum Gasteiger partial charge on any atom is -0.479 e. The molecule has 0 amide bonds. The van der Waals surface area contributed by atoms with E-state index < -0.39 is 24.1 Å². The minimum atomic E-state index is -2.27. The summed E-state index contributed by atoms with van der Waals surface area (Å²) in [6.45, 7) is 2.90. The van der Waals surface area contributed by atoms with Crippen LogP contribution in [0.15, 0.2) is 6.58 Å². The zero-order valence-corrected chi connectivity index (χ0v) is 6.47. The van der Waals surface area contributed by atoms with Gasteiger partial charge in [-0.15, -0.1) is 0 Å². The third-order valence-electron chi connectivity index (χ3n) is 0.805. The van der Waals surface area contributed by atoms with E-state index in [1.54, 1.807) is 5.87 Å². The van der Waals surface area contributed by atoms with Crippen molar-refractivity contribution in [2.45, 2.75) is 12.2 Å². The Morgan fingerprint density at radius 1 is 1.15 bits per heavy atom. The molecule has 0 saturated heterocycles. The summed E-state index contributed by atoms with van der Waals surface area (Å²) in [5.74, 6) is -1.79. The molecule has 2 atom stereocenters. The standard InChI is InChI=1S/C4H6O6.C2H3N/c5-1(3(7)8)2(6)4(9)10;1-2-3/h1-2,5-6H,(H,7,8)(H,9,10);3H,1H2. The third kappa shape index (κ3) is 6.70. The number of carbonyl (C=O) groups is 2. The Morgan fingerprint density at radius 3 is 1.38 bits per heavy atom. The summed E-state index contributed by atoms with van der Waals surface area (Å²) in [6.07, 6.45) is -4.53. The SMILES string of the molecule is C=C=N.O=C(O)C(O)C(O)C(=O)O. The normalized spacial score (nSPS) is 12.8. The van der Waals surface area contributed by atoms with Gasteiger partial charge >= 0.3 is 11.9 Å². The van der Waals surface area contributed by atoms with Crippen molar-refractivity contribution in [1.82, 2.24) is 0 Å². The molecule has 0 bridgehead atoms. The molecule has 0 heterocycles. The van der Waals surface area contributed by atoms with Gasteiger partial charge in [0.1, 0.15) is 0 Å². The maximum absolute atomic E-state index is 9.77. The Kier molecular flexibility index (Phi) is 7.45. The molecule has 0 aliphatic heterocycles. The molecule has 2 unspecified atom stereocenters. The van der Waals surface area contributed by atoms with Gasteiger partial charge in [0.05, 0.1) is 0 Å². The van der Waals surface area contributed by atoms with Crippen LogP contribution in [0.25, 0.3) is 0 Å². The van der Waals surface area contributed by atoms with Crippen LogP contribution in [0.2, 0.25) is 0 Å². The zero-order valence-electron chi connectivity index (χ0n) is 6.47. The number of nitrogens with one attached hydrogen (secondary N) is 1. The van der Waals surface area contributed by atoms with Crippen LogP contribution < -0.4 is 0 Å². The fourth-order valence-electron chi connectivity index (χ4n) is 0.270. The van der Waals surface area contributed by atoms with Crippen molar-refractivity contribution in [2.24, 2.45) is 0 Å². The molecule has 0 rings (SSSR count). The highest BCUT2D eigenvalue weighted by Gasteiger charge is 2.29. The molecule has 5 N–H and O–H groups in total. The van der Waals surface area contributed by atoms with Crippen LogP contribution >= 0.6 is 0 Å². The van der Waals surface area contributed by atoms with Gasteiger partial charge in [0.15, 0.2) is 12.2 Å². The Morgan fingerprint density at radius 2 is 1.31 bits per heavy atom. The average molecular weight is 191 g/mol. The van der Waals surface area contributed by atoms with Crippen molar-refractivity contribution in [3.05, 3.63) is 6.58 Å². The molecular formula is C6H9NO6. The number of aliphatic hydroxyl groups excluding tert-OH is 2. The van der Waals surface area contributed by atoms with Crippen LogP contribution in [0.1, 0.15) is 0 Å². The quantitative estimate of drug-likeness (QED) is 0.337. The van der Waals surface area contributed by atoms with Gasteiger partial charge in [-0.3, -0.25) is 5.41 Å². The van der Waals surface area contributed by atoms with E-state index in [-0.39, 0.29) is 0 Å². The van der Waals surface area contributed by atoms with Crippen molar-refractivity contribution in [3.63, 3.8) is 0 Å². The number of rotatable bonds is 3. The van der Waals surface area contributed by atoms with Crippen molar-refractivity contribution < 1.29 is 30.0 Å². The monoisotopic (exact) mass is 191 g/mol. The molecule has 0 aliphatic carbocycles. The largest absolute Gasteiger partial charge is 0.479 e. The number of carboxylic acid groups (broad SMARTS) is 2. The first-order valence-corrected chi connectivity index (χ1v) is 2.89. The second-order valence-electron chi connectivity index (χ2n) is 1.74. The van der Waals surface area contributed by atoms with Crippen molar-refractivity contribution in [3.8, 4) is 0 Å². The Bertz CT molecular complexity index is 201. The summed E-state index contributed by atoms with van der Waals surface area (Å²) in [5.41, 5.74) is 0. The molecule has 0 radical (unpaired) electrons. The lowest BCUT2D eigenvalue weighted by Crippen LogP contribution is -2.39.